The number of ether oxygens (including phenoxy) is 1. The van der Waals surface area contributed by atoms with Gasteiger partial charge in [0.25, 0.3) is 5.91 Å². The van der Waals surface area contributed by atoms with Crippen LogP contribution in [0.3, 0.4) is 0 Å². The van der Waals surface area contributed by atoms with Crippen molar-refractivity contribution in [2.75, 3.05) is 19.8 Å². The van der Waals surface area contributed by atoms with Gasteiger partial charge in [-0.1, -0.05) is 6.07 Å². The number of nitrogens with one attached hydrogen (secondary N) is 2. The standard InChI is InChI=1S/C17H22N4O4S/c22-17(19-6-2-8-21-9-7-18-13-21)14-3-1-4-16(11-14)26(23,24)20-15-5-10-25-12-15/h1,3-4,7,9,11,13,15,20H,2,5-6,8,10,12H2,(H,19,22)/t15-/m1/s1. The zero-order valence-corrected chi connectivity index (χ0v) is 15.1. The molecule has 0 unspecified atom stereocenters. The number of nitrogens with zero attached hydrogens (tertiary/aromatic N) is 2. The molecule has 1 saturated heterocycles. The summed E-state index contributed by atoms with van der Waals surface area (Å²) in [5.41, 5.74) is 0.318. The molecule has 3 rings (SSSR count). The van der Waals surface area contributed by atoms with Crippen molar-refractivity contribution >= 4 is 15.9 Å². The van der Waals surface area contributed by atoms with E-state index in [9.17, 15) is 13.2 Å². The zero-order chi connectivity index (χ0) is 18.4. The van der Waals surface area contributed by atoms with Crippen LogP contribution in [0.1, 0.15) is 23.2 Å². The summed E-state index contributed by atoms with van der Waals surface area (Å²) in [5, 5.41) is 2.81. The van der Waals surface area contributed by atoms with Gasteiger partial charge in [0.2, 0.25) is 10.0 Å². The van der Waals surface area contributed by atoms with Crippen LogP contribution >= 0.6 is 0 Å². The van der Waals surface area contributed by atoms with Gasteiger partial charge in [0.1, 0.15) is 0 Å². The first kappa shape index (κ1) is 18.6. The largest absolute Gasteiger partial charge is 0.380 e. The monoisotopic (exact) mass is 378 g/mol. The number of hydrogen-bond acceptors (Lipinski definition) is 5. The Morgan fingerprint density at radius 3 is 3.00 bits per heavy atom. The van der Waals surface area contributed by atoms with Crippen LogP contribution in [0.25, 0.3) is 0 Å². The van der Waals surface area contributed by atoms with Crippen molar-refractivity contribution in [3.05, 3.63) is 48.5 Å². The van der Waals surface area contributed by atoms with Gasteiger partial charge in [-0.3, -0.25) is 4.79 Å². The van der Waals surface area contributed by atoms with Gasteiger partial charge < -0.3 is 14.6 Å². The van der Waals surface area contributed by atoms with Crippen LogP contribution in [0.2, 0.25) is 0 Å². The maximum absolute atomic E-state index is 12.4. The molecule has 1 amide bonds. The van der Waals surface area contributed by atoms with Crippen molar-refractivity contribution in [3.63, 3.8) is 0 Å². The number of sulfonamides is 1. The summed E-state index contributed by atoms with van der Waals surface area (Å²) in [6.07, 6.45) is 6.69. The van der Waals surface area contributed by atoms with E-state index < -0.39 is 10.0 Å². The smallest absolute Gasteiger partial charge is 0.251 e. The van der Waals surface area contributed by atoms with E-state index in [2.05, 4.69) is 15.0 Å². The van der Waals surface area contributed by atoms with Crippen molar-refractivity contribution < 1.29 is 17.9 Å². The maximum atomic E-state index is 12.4. The van der Waals surface area contributed by atoms with E-state index >= 15 is 0 Å². The highest BCUT2D eigenvalue weighted by Gasteiger charge is 2.24. The predicted octanol–water partition coefficient (Wildman–Crippen LogP) is 0.770. The molecule has 1 aliphatic heterocycles. The molecule has 0 radical (unpaired) electrons. The molecule has 2 aromatic rings. The summed E-state index contributed by atoms with van der Waals surface area (Å²) in [4.78, 5) is 16.3. The highest BCUT2D eigenvalue weighted by Crippen LogP contribution is 2.14. The molecule has 2 N–H and O–H groups in total. The highest BCUT2D eigenvalue weighted by molar-refractivity contribution is 7.89. The van der Waals surface area contributed by atoms with Crippen LogP contribution < -0.4 is 10.0 Å². The Balaban J connectivity index is 1.56. The minimum absolute atomic E-state index is 0.0791. The van der Waals surface area contributed by atoms with E-state index in [4.69, 9.17) is 4.74 Å². The van der Waals surface area contributed by atoms with Gasteiger partial charge in [0, 0.05) is 43.7 Å². The van der Waals surface area contributed by atoms with Crippen molar-refractivity contribution in [1.82, 2.24) is 19.6 Å². The van der Waals surface area contributed by atoms with Crippen LogP contribution in [-0.4, -0.2) is 49.7 Å². The van der Waals surface area contributed by atoms with Gasteiger partial charge in [-0.2, -0.15) is 0 Å². The van der Waals surface area contributed by atoms with Gasteiger partial charge in [-0.25, -0.2) is 18.1 Å². The lowest BCUT2D eigenvalue weighted by atomic mass is 10.2. The van der Waals surface area contributed by atoms with Gasteiger partial charge in [-0.05, 0) is 31.0 Å². The fourth-order valence-corrected chi connectivity index (χ4v) is 4.00. The second-order valence-corrected chi connectivity index (χ2v) is 7.83. The number of carbonyl (C=O) groups excluding carboxylic acids is 1. The highest BCUT2D eigenvalue weighted by atomic mass is 32.2. The summed E-state index contributed by atoms with van der Waals surface area (Å²) in [5.74, 6) is -0.295. The fourth-order valence-electron chi connectivity index (χ4n) is 2.70. The molecule has 2 heterocycles. The SMILES string of the molecule is O=C(NCCCn1ccnc1)c1cccc(S(=O)(=O)N[C@@H]2CCOC2)c1. The van der Waals surface area contributed by atoms with E-state index in [1.807, 2.05) is 10.8 Å². The Labute approximate surface area is 152 Å². The van der Waals surface area contributed by atoms with Gasteiger partial charge in [0.05, 0.1) is 17.8 Å². The number of amides is 1. The van der Waals surface area contributed by atoms with Gasteiger partial charge in [-0.15, -0.1) is 0 Å². The minimum atomic E-state index is -3.67. The number of benzene rings is 1. The number of aromatic nitrogens is 2. The molecular formula is C17H22N4O4S. The third-order valence-corrected chi connectivity index (χ3v) is 5.61. The molecule has 1 aliphatic rings. The third kappa shape index (κ3) is 4.90. The average Bonchev–Trinajstić information content (AvgIpc) is 3.32. The lowest BCUT2D eigenvalue weighted by Crippen LogP contribution is -2.35. The van der Waals surface area contributed by atoms with Crippen molar-refractivity contribution in [1.29, 1.82) is 0 Å². The first-order chi connectivity index (χ1) is 12.5. The number of hydrogen-bond donors (Lipinski definition) is 2. The number of imidazole rings is 1. The van der Waals surface area contributed by atoms with Crippen LogP contribution in [0, 0.1) is 0 Å². The Bertz CT molecular complexity index is 830. The summed E-state index contributed by atoms with van der Waals surface area (Å²) >= 11 is 0. The minimum Gasteiger partial charge on any atom is -0.380 e. The van der Waals surface area contributed by atoms with Gasteiger partial charge in [0.15, 0.2) is 0 Å². The van der Waals surface area contributed by atoms with E-state index in [1.54, 1.807) is 24.7 Å². The predicted molar refractivity (Wildman–Crippen MR) is 95.2 cm³/mol. The first-order valence-electron chi connectivity index (χ1n) is 8.49. The average molecular weight is 378 g/mol. The fraction of sp³-hybridized carbons (Fsp3) is 0.412. The molecule has 1 aromatic carbocycles. The molecule has 8 nitrogen and oxygen atoms in total. The normalized spacial score (nSPS) is 17.3. The van der Waals surface area contributed by atoms with Gasteiger partial charge >= 0.3 is 0 Å². The number of rotatable bonds is 8. The van der Waals surface area contributed by atoms with Crippen molar-refractivity contribution in [2.24, 2.45) is 0 Å². The number of carbonyl (C=O) groups is 1. The van der Waals surface area contributed by atoms with E-state index in [-0.39, 0.29) is 16.8 Å². The van der Waals surface area contributed by atoms with E-state index in [0.29, 0.717) is 31.7 Å². The van der Waals surface area contributed by atoms with E-state index in [1.165, 1.54) is 12.1 Å². The molecule has 140 valence electrons. The molecule has 1 aromatic heterocycles. The Kier molecular flexibility index (Phi) is 6.02. The second-order valence-electron chi connectivity index (χ2n) is 6.12. The van der Waals surface area contributed by atoms with Crippen LogP contribution in [0.4, 0.5) is 0 Å². The summed E-state index contributed by atoms with van der Waals surface area (Å²) in [6, 6.07) is 5.82. The van der Waals surface area contributed by atoms with E-state index in [0.717, 1.165) is 13.0 Å². The molecule has 0 aliphatic carbocycles. The Morgan fingerprint density at radius 1 is 1.38 bits per heavy atom. The second kappa shape index (κ2) is 8.43. The summed E-state index contributed by atoms with van der Waals surface area (Å²) < 4.78 is 34.6. The Morgan fingerprint density at radius 2 is 2.27 bits per heavy atom. The maximum Gasteiger partial charge on any atom is 0.251 e. The molecule has 0 spiro atoms. The topological polar surface area (TPSA) is 102 Å². The molecule has 1 fully saturated rings. The molecule has 0 saturated carbocycles. The van der Waals surface area contributed by atoms with Crippen LogP contribution in [-0.2, 0) is 21.3 Å². The number of aryl methyl sites for hydroxylation is 1. The lowest BCUT2D eigenvalue weighted by molar-refractivity contribution is 0.0952. The molecule has 9 heteroatoms. The third-order valence-electron chi connectivity index (χ3n) is 4.10. The molecule has 26 heavy (non-hydrogen) atoms. The first-order valence-corrected chi connectivity index (χ1v) is 9.97. The molecule has 0 bridgehead atoms. The van der Waals surface area contributed by atoms with Crippen molar-refractivity contribution in [3.8, 4) is 0 Å². The summed E-state index contributed by atoms with van der Waals surface area (Å²) in [7, 11) is -3.67. The van der Waals surface area contributed by atoms with Crippen LogP contribution in [0.15, 0.2) is 47.9 Å². The Hall–Kier alpha value is -2.23. The zero-order valence-electron chi connectivity index (χ0n) is 14.3. The summed E-state index contributed by atoms with van der Waals surface area (Å²) in [6.45, 7) is 2.17. The van der Waals surface area contributed by atoms with Crippen LogP contribution in [0.5, 0.6) is 0 Å². The lowest BCUT2D eigenvalue weighted by Gasteiger charge is -2.12. The van der Waals surface area contributed by atoms with Crippen molar-refractivity contribution in [2.45, 2.75) is 30.3 Å². The molecule has 1 atom stereocenters. The molecular weight excluding hydrogens is 356 g/mol. The quantitative estimate of drug-likeness (QED) is 0.661.